The van der Waals surface area contributed by atoms with E-state index in [1.165, 1.54) is 0 Å². The second kappa shape index (κ2) is 9.07. The lowest BCUT2D eigenvalue weighted by atomic mass is 10.2. The van der Waals surface area contributed by atoms with Crippen LogP contribution in [0.5, 0.6) is 11.5 Å². The van der Waals surface area contributed by atoms with E-state index in [4.69, 9.17) is 20.0 Å². The Morgan fingerprint density at radius 2 is 1.65 bits per heavy atom. The molecule has 5 nitrogen and oxygen atoms in total. The van der Waals surface area contributed by atoms with Crippen LogP contribution in [0.25, 0.3) is 0 Å². The number of hydrogen-bond donors (Lipinski definition) is 0. The van der Waals surface area contributed by atoms with Gasteiger partial charge in [-0.2, -0.15) is 10.5 Å². The van der Waals surface area contributed by atoms with Crippen molar-refractivity contribution >= 4 is 0 Å². The summed E-state index contributed by atoms with van der Waals surface area (Å²) in [6, 6.07) is 14.6. The van der Waals surface area contributed by atoms with Crippen LogP contribution in [-0.4, -0.2) is 18.2 Å². The lowest BCUT2D eigenvalue weighted by molar-refractivity contribution is 0.279. The van der Waals surface area contributed by atoms with Crippen molar-refractivity contribution in [3.05, 3.63) is 53.9 Å². The molecule has 0 N–H and O–H groups in total. The van der Waals surface area contributed by atoms with Gasteiger partial charge >= 0.3 is 0 Å². The molecule has 1 aromatic carbocycles. The highest BCUT2D eigenvalue weighted by Gasteiger charge is 1.98. The molecule has 0 bridgehead atoms. The van der Waals surface area contributed by atoms with Gasteiger partial charge in [-0.25, -0.2) is 4.98 Å². The van der Waals surface area contributed by atoms with Crippen molar-refractivity contribution in [1.82, 2.24) is 4.98 Å². The number of benzene rings is 1. The number of hydrogen-bond acceptors (Lipinski definition) is 5. The van der Waals surface area contributed by atoms with Gasteiger partial charge < -0.3 is 9.47 Å². The summed E-state index contributed by atoms with van der Waals surface area (Å²) in [5, 5.41) is 17.5. The van der Waals surface area contributed by atoms with Crippen LogP contribution < -0.4 is 9.47 Å². The van der Waals surface area contributed by atoms with E-state index in [1.54, 1.807) is 30.5 Å². The summed E-state index contributed by atoms with van der Waals surface area (Å²) in [6.45, 7) is 1.23. The first-order valence-corrected chi connectivity index (χ1v) is 7.44. The first-order valence-electron chi connectivity index (χ1n) is 7.44. The highest BCUT2D eigenvalue weighted by Crippen LogP contribution is 2.13. The number of unbranched alkanes of at least 4 members (excludes halogenated alkanes) is 2. The molecule has 23 heavy (non-hydrogen) atoms. The Labute approximate surface area is 135 Å². The normalized spacial score (nSPS) is 9.65. The Kier molecular flexibility index (Phi) is 6.43. The highest BCUT2D eigenvalue weighted by atomic mass is 16.5. The minimum Gasteiger partial charge on any atom is -0.494 e. The fraction of sp³-hybridized carbons (Fsp3) is 0.278. The van der Waals surface area contributed by atoms with Gasteiger partial charge in [-0.15, -0.1) is 0 Å². The predicted molar refractivity (Wildman–Crippen MR) is 85.0 cm³/mol. The van der Waals surface area contributed by atoms with Gasteiger partial charge in [0.15, 0.2) is 0 Å². The maximum atomic E-state index is 8.81. The van der Waals surface area contributed by atoms with Crippen LogP contribution in [0.3, 0.4) is 0 Å². The van der Waals surface area contributed by atoms with E-state index in [9.17, 15) is 0 Å². The van der Waals surface area contributed by atoms with Crippen molar-refractivity contribution in [2.24, 2.45) is 0 Å². The van der Waals surface area contributed by atoms with Crippen molar-refractivity contribution in [2.45, 2.75) is 19.3 Å². The summed E-state index contributed by atoms with van der Waals surface area (Å²) in [5.41, 5.74) is 0.988. The molecule has 5 heteroatoms. The number of aromatic nitrogens is 1. The van der Waals surface area contributed by atoms with Crippen LogP contribution in [-0.2, 0) is 0 Å². The van der Waals surface area contributed by atoms with Gasteiger partial charge in [0.05, 0.1) is 31.0 Å². The monoisotopic (exact) mass is 307 g/mol. The van der Waals surface area contributed by atoms with Gasteiger partial charge in [0.25, 0.3) is 0 Å². The molecule has 0 saturated heterocycles. The zero-order valence-electron chi connectivity index (χ0n) is 12.7. The van der Waals surface area contributed by atoms with Gasteiger partial charge in [-0.1, -0.05) is 6.07 Å². The third-order valence-electron chi connectivity index (χ3n) is 3.14. The zero-order valence-corrected chi connectivity index (χ0v) is 12.7. The minimum absolute atomic E-state index is 0.384. The molecule has 1 aromatic heterocycles. The topological polar surface area (TPSA) is 78.9 Å². The van der Waals surface area contributed by atoms with E-state index in [1.807, 2.05) is 18.2 Å². The molecule has 0 radical (unpaired) electrons. The standard InChI is InChI=1S/C18H17N3O2/c19-12-15-5-4-6-17(11-15)22-9-2-1-3-10-23-18-8-7-16(13-20)21-14-18/h4-8,11,14H,1-3,9-10H2. The Morgan fingerprint density at radius 1 is 0.870 bits per heavy atom. The molecule has 2 rings (SSSR count). The first-order chi connectivity index (χ1) is 11.3. The van der Waals surface area contributed by atoms with Crippen LogP contribution in [0.2, 0.25) is 0 Å². The third kappa shape index (κ3) is 5.68. The average molecular weight is 307 g/mol. The summed E-state index contributed by atoms with van der Waals surface area (Å²) in [7, 11) is 0. The van der Waals surface area contributed by atoms with E-state index in [-0.39, 0.29) is 0 Å². The van der Waals surface area contributed by atoms with Crippen molar-refractivity contribution in [1.29, 1.82) is 10.5 Å². The van der Waals surface area contributed by atoms with Crippen molar-refractivity contribution < 1.29 is 9.47 Å². The highest BCUT2D eigenvalue weighted by molar-refractivity contribution is 5.36. The molecule has 0 fully saturated rings. The van der Waals surface area contributed by atoms with E-state index in [0.717, 1.165) is 25.0 Å². The zero-order chi connectivity index (χ0) is 16.3. The maximum absolute atomic E-state index is 8.81. The Balaban J connectivity index is 1.57. The molecule has 2 aromatic rings. The Morgan fingerprint density at radius 3 is 2.30 bits per heavy atom. The molecule has 0 amide bonds. The SMILES string of the molecule is N#Cc1cccc(OCCCCCOc2ccc(C#N)nc2)c1. The number of ether oxygens (including phenoxy) is 2. The first kappa shape index (κ1) is 16.3. The Hall–Kier alpha value is -3.05. The fourth-order valence-electron chi connectivity index (χ4n) is 1.95. The molecule has 0 spiro atoms. The van der Waals surface area contributed by atoms with Crippen LogP contribution >= 0.6 is 0 Å². The largest absolute Gasteiger partial charge is 0.494 e. The maximum Gasteiger partial charge on any atom is 0.140 e. The minimum atomic E-state index is 0.384. The van der Waals surface area contributed by atoms with E-state index in [2.05, 4.69) is 11.1 Å². The lowest BCUT2D eigenvalue weighted by Gasteiger charge is -2.07. The quantitative estimate of drug-likeness (QED) is 0.698. The summed E-state index contributed by atoms with van der Waals surface area (Å²) in [6.07, 6.45) is 4.39. The molecule has 0 aliphatic rings. The molecular weight excluding hydrogens is 290 g/mol. The van der Waals surface area contributed by atoms with Crippen LogP contribution in [0.15, 0.2) is 42.6 Å². The summed E-state index contributed by atoms with van der Waals surface area (Å²) >= 11 is 0. The second-order valence-corrected chi connectivity index (χ2v) is 4.89. The van der Waals surface area contributed by atoms with Crippen molar-refractivity contribution in [3.63, 3.8) is 0 Å². The van der Waals surface area contributed by atoms with Gasteiger partial charge in [0.2, 0.25) is 0 Å². The predicted octanol–water partition coefficient (Wildman–Crippen LogP) is 3.45. The van der Waals surface area contributed by atoms with E-state index < -0.39 is 0 Å². The molecule has 0 aliphatic carbocycles. The summed E-state index contributed by atoms with van der Waals surface area (Å²) in [5.74, 6) is 1.40. The fourth-order valence-corrected chi connectivity index (χ4v) is 1.95. The molecular formula is C18H17N3O2. The Bertz CT molecular complexity index is 699. The van der Waals surface area contributed by atoms with E-state index >= 15 is 0 Å². The van der Waals surface area contributed by atoms with Crippen molar-refractivity contribution in [2.75, 3.05) is 13.2 Å². The number of rotatable bonds is 8. The molecule has 0 unspecified atom stereocenters. The van der Waals surface area contributed by atoms with Gasteiger partial charge in [0, 0.05) is 0 Å². The van der Waals surface area contributed by atoms with Crippen LogP contribution in [0.1, 0.15) is 30.5 Å². The molecule has 0 saturated carbocycles. The van der Waals surface area contributed by atoms with Crippen LogP contribution in [0.4, 0.5) is 0 Å². The van der Waals surface area contributed by atoms with Gasteiger partial charge in [-0.05, 0) is 49.6 Å². The van der Waals surface area contributed by atoms with Crippen molar-refractivity contribution in [3.8, 4) is 23.6 Å². The summed E-state index contributed by atoms with van der Waals surface area (Å²) in [4.78, 5) is 3.94. The third-order valence-corrected chi connectivity index (χ3v) is 3.14. The smallest absolute Gasteiger partial charge is 0.140 e. The lowest BCUT2D eigenvalue weighted by Crippen LogP contribution is -2.01. The van der Waals surface area contributed by atoms with Gasteiger partial charge in [-0.3, -0.25) is 0 Å². The number of pyridine rings is 1. The summed E-state index contributed by atoms with van der Waals surface area (Å²) < 4.78 is 11.2. The van der Waals surface area contributed by atoms with Crippen LogP contribution in [0, 0.1) is 22.7 Å². The molecule has 1 heterocycles. The second-order valence-electron chi connectivity index (χ2n) is 4.89. The number of nitriles is 2. The van der Waals surface area contributed by atoms with E-state index in [0.29, 0.717) is 30.2 Å². The van der Waals surface area contributed by atoms with Gasteiger partial charge in [0.1, 0.15) is 23.3 Å². The number of nitrogens with zero attached hydrogens (tertiary/aromatic N) is 3. The average Bonchev–Trinajstić information content (AvgIpc) is 2.61. The molecule has 116 valence electrons. The molecule has 0 atom stereocenters. The molecule has 0 aliphatic heterocycles.